The van der Waals surface area contributed by atoms with Gasteiger partial charge in [-0.15, -0.1) is 10.2 Å². The second kappa shape index (κ2) is 4.09. The minimum absolute atomic E-state index is 0.191. The zero-order valence-corrected chi connectivity index (χ0v) is 8.51. The first-order valence-corrected chi connectivity index (χ1v) is 4.49. The lowest BCUT2D eigenvalue weighted by Gasteiger charge is -1.97. The third-order valence-electron chi connectivity index (χ3n) is 1.87. The van der Waals surface area contributed by atoms with E-state index in [9.17, 15) is 18.0 Å². The van der Waals surface area contributed by atoms with E-state index in [1.54, 1.807) is 0 Å². The van der Waals surface area contributed by atoms with Crippen molar-refractivity contribution in [3.63, 3.8) is 0 Å². The first kappa shape index (κ1) is 12.0. The van der Waals surface area contributed by atoms with Gasteiger partial charge in [-0.05, 0) is 11.3 Å². The summed E-state index contributed by atoms with van der Waals surface area (Å²) in [6.07, 6.45) is -4.67. The molecule has 0 aliphatic carbocycles. The van der Waals surface area contributed by atoms with Gasteiger partial charge in [-0.3, -0.25) is 5.10 Å². The van der Waals surface area contributed by atoms with Gasteiger partial charge in [0.05, 0.1) is 5.69 Å². The maximum Gasteiger partial charge on any atom is 0.455 e. The lowest BCUT2D eigenvalue weighted by atomic mass is 10.3. The van der Waals surface area contributed by atoms with Crippen molar-refractivity contribution in [2.45, 2.75) is 12.7 Å². The molecule has 2 N–H and O–H groups in total. The number of hydrogen-bond donors (Lipinski definition) is 2. The molecule has 2 aromatic rings. The smallest absolute Gasteiger partial charge is 0.455 e. The summed E-state index contributed by atoms with van der Waals surface area (Å²) in [7, 11) is 0. The number of aromatic amines is 1. The molecular weight excluding hydrogens is 257 g/mol. The quantitative estimate of drug-likeness (QED) is 0.815. The SMILES string of the molecule is O=C(O)c1cc(Cn2nnc(C(F)(F)F)n2)[nH]n1. The van der Waals surface area contributed by atoms with Crippen molar-refractivity contribution in [3.8, 4) is 0 Å². The van der Waals surface area contributed by atoms with E-state index in [-0.39, 0.29) is 17.9 Å². The predicted molar refractivity (Wildman–Crippen MR) is 47.5 cm³/mol. The number of carboxylic acid groups (broad SMARTS) is 1. The lowest BCUT2D eigenvalue weighted by molar-refractivity contribution is -0.145. The molecule has 8 nitrogen and oxygen atoms in total. The van der Waals surface area contributed by atoms with Crippen LogP contribution in [0.2, 0.25) is 0 Å². The Morgan fingerprint density at radius 3 is 2.72 bits per heavy atom. The Kier molecular flexibility index (Phi) is 2.73. The molecule has 0 spiro atoms. The van der Waals surface area contributed by atoms with Crippen LogP contribution in [0.4, 0.5) is 13.2 Å². The van der Waals surface area contributed by atoms with Gasteiger partial charge in [0, 0.05) is 0 Å². The third kappa shape index (κ3) is 2.44. The third-order valence-corrected chi connectivity index (χ3v) is 1.87. The molecular formula is C7H5F3N6O2. The zero-order chi connectivity index (χ0) is 13.3. The van der Waals surface area contributed by atoms with Crippen LogP contribution in [0.3, 0.4) is 0 Å². The average molecular weight is 262 g/mol. The van der Waals surface area contributed by atoms with Crippen molar-refractivity contribution in [1.29, 1.82) is 0 Å². The Morgan fingerprint density at radius 1 is 1.50 bits per heavy atom. The zero-order valence-electron chi connectivity index (χ0n) is 8.51. The minimum atomic E-state index is -4.67. The molecule has 2 rings (SSSR count). The topological polar surface area (TPSA) is 110 Å². The van der Waals surface area contributed by atoms with Gasteiger partial charge >= 0.3 is 12.1 Å². The van der Waals surface area contributed by atoms with Gasteiger partial charge in [0.1, 0.15) is 6.54 Å². The van der Waals surface area contributed by atoms with Crippen molar-refractivity contribution < 1.29 is 23.1 Å². The van der Waals surface area contributed by atoms with Crippen molar-refractivity contribution in [3.05, 3.63) is 23.3 Å². The van der Waals surface area contributed by atoms with E-state index >= 15 is 0 Å². The number of alkyl halides is 3. The Labute approximate surface area is 96.4 Å². The molecule has 0 radical (unpaired) electrons. The fourth-order valence-corrected chi connectivity index (χ4v) is 1.13. The number of carboxylic acids is 1. The van der Waals surface area contributed by atoms with Gasteiger partial charge in [-0.25, -0.2) is 4.79 Å². The highest BCUT2D eigenvalue weighted by atomic mass is 19.4. The Morgan fingerprint density at radius 2 is 2.22 bits per heavy atom. The molecule has 0 saturated heterocycles. The molecule has 11 heteroatoms. The number of hydrogen-bond acceptors (Lipinski definition) is 5. The summed E-state index contributed by atoms with van der Waals surface area (Å²) in [6, 6.07) is 1.17. The van der Waals surface area contributed by atoms with Gasteiger partial charge in [0.15, 0.2) is 5.69 Å². The molecule has 0 amide bonds. The number of H-pyrrole nitrogens is 1. The molecule has 18 heavy (non-hydrogen) atoms. The number of rotatable bonds is 3. The summed E-state index contributed by atoms with van der Waals surface area (Å²) < 4.78 is 36.5. The first-order valence-electron chi connectivity index (χ1n) is 4.49. The Balaban J connectivity index is 2.14. The van der Waals surface area contributed by atoms with Gasteiger partial charge in [0.2, 0.25) is 0 Å². The molecule has 0 bridgehead atoms. The molecule has 0 aromatic carbocycles. The van der Waals surface area contributed by atoms with Crippen LogP contribution in [0, 0.1) is 0 Å². The Hall–Kier alpha value is -2.46. The van der Waals surface area contributed by atoms with E-state index in [4.69, 9.17) is 5.11 Å². The number of carbonyl (C=O) groups is 1. The standard InChI is InChI=1S/C7H5F3N6O2/c8-7(9,10)6-13-15-16(14-6)2-3-1-4(5(17)18)12-11-3/h1H,2H2,(H,11,12)(H,17,18). The number of aromatic carboxylic acids is 1. The van der Waals surface area contributed by atoms with E-state index < -0.39 is 18.0 Å². The summed E-state index contributed by atoms with van der Waals surface area (Å²) in [6.45, 7) is -0.191. The molecule has 0 atom stereocenters. The molecule has 96 valence electrons. The minimum Gasteiger partial charge on any atom is -0.476 e. The summed E-state index contributed by atoms with van der Waals surface area (Å²) in [5, 5.41) is 23.5. The molecule has 0 saturated carbocycles. The fourth-order valence-electron chi connectivity index (χ4n) is 1.13. The second-order valence-corrected chi connectivity index (χ2v) is 3.22. The second-order valence-electron chi connectivity index (χ2n) is 3.22. The van der Waals surface area contributed by atoms with Gasteiger partial charge in [-0.2, -0.15) is 23.1 Å². The van der Waals surface area contributed by atoms with E-state index in [1.807, 2.05) is 0 Å². The summed E-state index contributed by atoms with van der Waals surface area (Å²) in [5.41, 5.74) is -0.000292. The Bertz CT molecular complexity index is 574. The molecule has 0 unspecified atom stereocenters. The number of aromatic nitrogens is 6. The average Bonchev–Trinajstić information content (AvgIpc) is 2.85. The largest absolute Gasteiger partial charge is 0.476 e. The van der Waals surface area contributed by atoms with Crippen LogP contribution < -0.4 is 0 Å². The van der Waals surface area contributed by atoms with Crippen LogP contribution >= 0.6 is 0 Å². The van der Waals surface area contributed by atoms with Crippen molar-refractivity contribution in [2.75, 3.05) is 0 Å². The first-order chi connectivity index (χ1) is 8.36. The van der Waals surface area contributed by atoms with Crippen LogP contribution in [0.25, 0.3) is 0 Å². The van der Waals surface area contributed by atoms with E-state index in [2.05, 4.69) is 25.6 Å². The van der Waals surface area contributed by atoms with E-state index in [0.29, 0.717) is 4.80 Å². The predicted octanol–water partition coefficient (Wildman–Crippen LogP) is 0.161. The van der Waals surface area contributed by atoms with Gasteiger partial charge in [0.25, 0.3) is 5.82 Å². The van der Waals surface area contributed by atoms with E-state index in [0.717, 1.165) is 0 Å². The summed E-state index contributed by atoms with van der Waals surface area (Å²) in [4.78, 5) is 11.2. The highest BCUT2D eigenvalue weighted by Crippen LogP contribution is 2.24. The normalized spacial score (nSPS) is 11.7. The van der Waals surface area contributed by atoms with Crippen LogP contribution in [0.5, 0.6) is 0 Å². The number of tetrazole rings is 1. The monoisotopic (exact) mass is 262 g/mol. The number of halogens is 3. The van der Waals surface area contributed by atoms with Crippen LogP contribution in [-0.4, -0.2) is 41.5 Å². The molecule has 0 fully saturated rings. The van der Waals surface area contributed by atoms with Crippen LogP contribution in [-0.2, 0) is 12.7 Å². The van der Waals surface area contributed by atoms with Crippen LogP contribution in [0.15, 0.2) is 6.07 Å². The number of nitrogens with zero attached hydrogens (tertiary/aromatic N) is 5. The molecule has 0 aliphatic rings. The van der Waals surface area contributed by atoms with Crippen molar-refractivity contribution >= 4 is 5.97 Å². The van der Waals surface area contributed by atoms with Gasteiger partial charge in [-0.1, -0.05) is 0 Å². The van der Waals surface area contributed by atoms with Crippen molar-refractivity contribution in [2.24, 2.45) is 0 Å². The van der Waals surface area contributed by atoms with E-state index in [1.165, 1.54) is 6.07 Å². The summed E-state index contributed by atoms with van der Waals surface area (Å²) >= 11 is 0. The highest BCUT2D eigenvalue weighted by molar-refractivity contribution is 5.85. The lowest BCUT2D eigenvalue weighted by Crippen LogP contribution is -2.09. The maximum atomic E-state index is 12.2. The van der Waals surface area contributed by atoms with Gasteiger partial charge < -0.3 is 5.11 Å². The maximum absolute atomic E-state index is 12.2. The molecule has 0 aliphatic heterocycles. The highest BCUT2D eigenvalue weighted by Gasteiger charge is 2.36. The summed E-state index contributed by atoms with van der Waals surface area (Å²) in [5.74, 6) is -2.61. The fraction of sp³-hybridized carbons (Fsp3) is 0.286. The van der Waals surface area contributed by atoms with Crippen molar-refractivity contribution in [1.82, 2.24) is 30.4 Å². The number of nitrogens with one attached hydrogen (secondary N) is 1. The molecule has 2 aromatic heterocycles. The van der Waals surface area contributed by atoms with Crippen LogP contribution in [0.1, 0.15) is 22.0 Å². The molecule has 2 heterocycles.